The monoisotopic (exact) mass is 471 g/mol. The molecule has 0 radical (unpaired) electrons. The first-order valence-corrected chi connectivity index (χ1v) is 13.4. The van der Waals surface area contributed by atoms with Gasteiger partial charge in [0, 0.05) is 17.9 Å². The Labute approximate surface area is 206 Å². The Morgan fingerprint density at radius 1 is 1.09 bits per heavy atom. The highest BCUT2D eigenvalue weighted by Crippen LogP contribution is 2.45. The van der Waals surface area contributed by atoms with Crippen LogP contribution in [0.2, 0.25) is 0 Å². The zero-order chi connectivity index (χ0) is 24.2. The molecule has 2 saturated heterocycles. The van der Waals surface area contributed by atoms with E-state index in [2.05, 4.69) is 24.6 Å². The van der Waals surface area contributed by atoms with Gasteiger partial charge in [-0.2, -0.15) is 0 Å². The first-order chi connectivity index (χ1) is 16.5. The summed E-state index contributed by atoms with van der Waals surface area (Å²) in [7, 11) is 0. The second kappa shape index (κ2) is 14.0. The van der Waals surface area contributed by atoms with Gasteiger partial charge in [0.05, 0.1) is 25.4 Å². The number of hydrogen-bond acceptors (Lipinski definition) is 4. The zero-order valence-corrected chi connectivity index (χ0v) is 21.5. The minimum atomic E-state index is -0.481. The summed E-state index contributed by atoms with van der Waals surface area (Å²) in [5.41, 5.74) is 3.18. The fraction of sp³-hybridized carbons (Fsp3) is 0.690. The van der Waals surface area contributed by atoms with Gasteiger partial charge in [0.1, 0.15) is 0 Å². The van der Waals surface area contributed by atoms with E-state index in [0.717, 1.165) is 38.0 Å². The van der Waals surface area contributed by atoms with Gasteiger partial charge in [0.15, 0.2) is 0 Å². The van der Waals surface area contributed by atoms with Crippen molar-refractivity contribution >= 4 is 5.91 Å². The molecule has 2 fully saturated rings. The molecule has 5 heteroatoms. The number of amides is 1. The molecule has 1 aromatic rings. The molecule has 2 aliphatic rings. The third-order valence-corrected chi connectivity index (χ3v) is 7.41. The van der Waals surface area contributed by atoms with Crippen molar-refractivity contribution in [1.82, 2.24) is 5.48 Å². The van der Waals surface area contributed by atoms with E-state index in [1.807, 2.05) is 44.2 Å². The summed E-state index contributed by atoms with van der Waals surface area (Å²) in [5.74, 6) is 1.02. The van der Waals surface area contributed by atoms with Gasteiger partial charge in [0.2, 0.25) is 5.91 Å². The van der Waals surface area contributed by atoms with Gasteiger partial charge >= 0.3 is 0 Å². The highest BCUT2D eigenvalue weighted by Gasteiger charge is 2.48. The van der Waals surface area contributed by atoms with Crippen LogP contribution in [0.25, 0.3) is 0 Å². The number of carbonyl (C=O) groups excluding carboxylic acids is 1. The fourth-order valence-electron chi connectivity index (χ4n) is 5.10. The van der Waals surface area contributed by atoms with Gasteiger partial charge in [-0.05, 0) is 50.0 Å². The minimum absolute atomic E-state index is 0.0746. The summed E-state index contributed by atoms with van der Waals surface area (Å²) in [4.78, 5) is 18.0. The van der Waals surface area contributed by atoms with E-state index in [0.29, 0.717) is 30.7 Å². The molecular weight excluding hydrogens is 426 g/mol. The van der Waals surface area contributed by atoms with Crippen LogP contribution in [0, 0.1) is 17.3 Å². The molecule has 0 aliphatic carbocycles. The van der Waals surface area contributed by atoms with Crippen LogP contribution in [0.15, 0.2) is 42.5 Å². The van der Waals surface area contributed by atoms with Crippen molar-refractivity contribution in [3.63, 3.8) is 0 Å². The van der Waals surface area contributed by atoms with Crippen molar-refractivity contribution in [2.75, 3.05) is 13.2 Å². The molecule has 4 atom stereocenters. The maximum Gasteiger partial charge on any atom is 0.249 e. The summed E-state index contributed by atoms with van der Waals surface area (Å²) in [5, 5.41) is 0. The van der Waals surface area contributed by atoms with E-state index >= 15 is 0 Å². The summed E-state index contributed by atoms with van der Waals surface area (Å²) in [6.45, 7) is 8.27. The average molecular weight is 472 g/mol. The molecule has 2 aliphatic heterocycles. The lowest BCUT2D eigenvalue weighted by Crippen LogP contribution is -2.36. The highest BCUT2D eigenvalue weighted by atomic mass is 16.6. The largest absolute Gasteiger partial charge is 0.381 e. The molecule has 1 amide bonds. The summed E-state index contributed by atoms with van der Waals surface area (Å²) >= 11 is 0. The molecule has 190 valence electrons. The lowest BCUT2D eigenvalue weighted by Gasteiger charge is -2.27. The fourth-order valence-corrected chi connectivity index (χ4v) is 5.10. The van der Waals surface area contributed by atoms with Crippen LogP contribution in [0.5, 0.6) is 0 Å². The molecule has 0 saturated carbocycles. The number of ether oxygens (including phenoxy) is 2. The molecule has 0 spiro atoms. The number of hydrogen-bond donors (Lipinski definition) is 1. The Balaban J connectivity index is 1.34. The first-order valence-electron chi connectivity index (χ1n) is 13.4. The van der Waals surface area contributed by atoms with Crippen LogP contribution in [0.1, 0.15) is 84.1 Å². The average Bonchev–Trinajstić information content (AvgIpc) is 3.44. The second-order valence-corrected chi connectivity index (χ2v) is 10.6. The van der Waals surface area contributed by atoms with Crippen molar-refractivity contribution < 1.29 is 19.1 Å². The normalized spacial score (nSPS) is 24.2. The van der Waals surface area contributed by atoms with Crippen molar-refractivity contribution in [1.29, 1.82) is 0 Å². The second-order valence-electron chi connectivity index (χ2n) is 10.6. The summed E-state index contributed by atoms with van der Waals surface area (Å²) in [6.07, 6.45) is 15.4. The first kappa shape index (κ1) is 26.9. The predicted octanol–water partition coefficient (Wildman–Crippen LogP) is 6.38. The van der Waals surface area contributed by atoms with E-state index in [4.69, 9.17) is 14.3 Å². The van der Waals surface area contributed by atoms with E-state index in [1.54, 1.807) is 0 Å². The smallest absolute Gasteiger partial charge is 0.249 e. The molecule has 0 unspecified atom stereocenters. The van der Waals surface area contributed by atoms with Crippen molar-refractivity contribution in [2.45, 2.75) is 97.4 Å². The summed E-state index contributed by atoms with van der Waals surface area (Å²) in [6, 6.07) is 9.85. The molecule has 5 nitrogen and oxygen atoms in total. The number of unbranched alkanes of at least 4 members (excludes halogenated alkanes) is 3. The molecule has 0 aromatic heterocycles. The zero-order valence-electron chi connectivity index (χ0n) is 21.5. The van der Waals surface area contributed by atoms with Crippen LogP contribution >= 0.6 is 0 Å². The van der Waals surface area contributed by atoms with Crippen molar-refractivity contribution in [3.05, 3.63) is 48.0 Å². The van der Waals surface area contributed by atoms with Crippen LogP contribution in [0.4, 0.5) is 0 Å². The standard InChI is InChI=1S/C29H45NO4/c1-4-5-6-13-20-32-22-25-24(26-17-18-27(25)34-26)16-11-8-12-19-29(2,3)28(31)30-33-21-23-14-9-7-10-15-23/h7-11,14-15,24-27H,4-6,12-13,16-22H2,1-3H3,(H,30,31)/b11-8-/t24-,25+,26-,27+/m0/s1. The Morgan fingerprint density at radius 3 is 2.62 bits per heavy atom. The molecule has 1 N–H and O–H groups in total. The van der Waals surface area contributed by atoms with Crippen LogP contribution < -0.4 is 5.48 Å². The van der Waals surface area contributed by atoms with Gasteiger partial charge in [-0.15, -0.1) is 0 Å². The highest BCUT2D eigenvalue weighted by molar-refractivity contribution is 5.80. The molecule has 1 aromatic carbocycles. The molecule has 2 heterocycles. The number of allylic oxidation sites excluding steroid dienone is 2. The number of carbonyl (C=O) groups is 1. The Bertz CT molecular complexity index is 748. The van der Waals surface area contributed by atoms with Crippen molar-refractivity contribution in [3.8, 4) is 0 Å². The van der Waals surface area contributed by atoms with Crippen molar-refractivity contribution in [2.24, 2.45) is 17.3 Å². The van der Waals surface area contributed by atoms with Crippen LogP contribution in [-0.2, 0) is 25.7 Å². The number of rotatable bonds is 16. The summed E-state index contributed by atoms with van der Waals surface area (Å²) < 4.78 is 12.3. The quantitative estimate of drug-likeness (QED) is 0.173. The van der Waals surface area contributed by atoms with E-state index in [-0.39, 0.29) is 5.91 Å². The number of nitrogens with one attached hydrogen (secondary N) is 1. The Morgan fingerprint density at radius 2 is 1.85 bits per heavy atom. The van der Waals surface area contributed by atoms with Crippen LogP contribution in [-0.4, -0.2) is 31.3 Å². The third kappa shape index (κ3) is 8.21. The third-order valence-electron chi connectivity index (χ3n) is 7.41. The number of hydroxylamine groups is 1. The molecule has 2 bridgehead atoms. The maximum absolute atomic E-state index is 12.6. The maximum atomic E-state index is 12.6. The van der Waals surface area contributed by atoms with Crippen LogP contribution in [0.3, 0.4) is 0 Å². The van der Waals surface area contributed by atoms with E-state index in [9.17, 15) is 4.79 Å². The number of benzene rings is 1. The Hall–Kier alpha value is -1.69. The molecule has 34 heavy (non-hydrogen) atoms. The SMILES string of the molecule is CCCCCCOC[C@@H]1[C@H](C/C=C\CCC(C)(C)C(=O)NOCc2ccccc2)[C@@H]2CC[C@H]1O2. The minimum Gasteiger partial charge on any atom is -0.381 e. The Kier molecular flexibility index (Phi) is 11.1. The van der Waals surface area contributed by atoms with Gasteiger partial charge in [-0.25, -0.2) is 5.48 Å². The lowest BCUT2D eigenvalue weighted by atomic mass is 9.78. The predicted molar refractivity (Wildman–Crippen MR) is 136 cm³/mol. The van der Waals surface area contributed by atoms with E-state index in [1.165, 1.54) is 38.5 Å². The lowest BCUT2D eigenvalue weighted by molar-refractivity contribution is -0.143. The molecule has 3 rings (SSSR count). The van der Waals surface area contributed by atoms with Gasteiger partial charge in [-0.3, -0.25) is 9.63 Å². The van der Waals surface area contributed by atoms with Gasteiger partial charge in [-0.1, -0.05) is 82.5 Å². The van der Waals surface area contributed by atoms with E-state index < -0.39 is 5.41 Å². The molecular formula is C29H45NO4. The van der Waals surface area contributed by atoms with Gasteiger partial charge in [0.25, 0.3) is 0 Å². The number of fused-ring (bicyclic) bond motifs is 2. The van der Waals surface area contributed by atoms with Gasteiger partial charge < -0.3 is 9.47 Å². The topological polar surface area (TPSA) is 56.8 Å².